The summed E-state index contributed by atoms with van der Waals surface area (Å²) in [5, 5.41) is 2.50. The second-order valence-electron chi connectivity index (χ2n) is 4.82. The number of amides is 2. The van der Waals surface area contributed by atoms with Crippen LogP contribution in [0.15, 0.2) is 16.6 Å². The molecule has 0 aliphatic carbocycles. The molecule has 0 radical (unpaired) electrons. The summed E-state index contributed by atoms with van der Waals surface area (Å²) in [6, 6.07) is 1.50. The van der Waals surface area contributed by atoms with E-state index >= 15 is 0 Å². The molecule has 0 bridgehead atoms. The van der Waals surface area contributed by atoms with Crippen molar-refractivity contribution in [2.24, 2.45) is 0 Å². The fourth-order valence-corrected chi connectivity index (χ4v) is 2.60. The minimum absolute atomic E-state index is 0.0333. The lowest BCUT2D eigenvalue weighted by Crippen LogP contribution is -2.37. The zero-order valence-electron chi connectivity index (χ0n) is 11.1. The van der Waals surface area contributed by atoms with Crippen LogP contribution in [0.4, 0.5) is 19.3 Å². The maximum absolute atomic E-state index is 13.7. The van der Waals surface area contributed by atoms with Crippen LogP contribution in [0.1, 0.15) is 6.42 Å². The molecule has 0 spiro atoms. The molecule has 1 aromatic carbocycles. The van der Waals surface area contributed by atoms with Crippen LogP contribution in [0.25, 0.3) is 0 Å². The topological polar surface area (TPSA) is 35.6 Å². The lowest BCUT2D eigenvalue weighted by Gasteiger charge is -2.21. The van der Waals surface area contributed by atoms with Gasteiger partial charge in [0, 0.05) is 30.2 Å². The summed E-state index contributed by atoms with van der Waals surface area (Å²) in [5.41, 5.74) is -0.0333. The van der Waals surface area contributed by atoms with Gasteiger partial charge in [0.25, 0.3) is 0 Å². The molecule has 0 saturated carbocycles. The van der Waals surface area contributed by atoms with Crippen LogP contribution in [-0.2, 0) is 0 Å². The highest BCUT2D eigenvalue weighted by Gasteiger charge is 2.20. The molecule has 1 saturated heterocycles. The first kappa shape index (κ1) is 15.2. The van der Waals surface area contributed by atoms with Crippen LogP contribution < -0.4 is 5.32 Å². The van der Waals surface area contributed by atoms with Crippen molar-refractivity contribution in [1.82, 2.24) is 9.80 Å². The van der Waals surface area contributed by atoms with Crippen molar-refractivity contribution < 1.29 is 13.6 Å². The number of benzene rings is 1. The molecular weight excluding hydrogens is 332 g/mol. The molecule has 1 aliphatic rings. The predicted molar refractivity (Wildman–Crippen MR) is 76.8 cm³/mol. The number of hydrogen-bond donors (Lipinski definition) is 1. The van der Waals surface area contributed by atoms with E-state index < -0.39 is 11.6 Å². The van der Waals surface area contributed by atoms with Crippen LogP contribution in [0, 0.1) is 11.6 Å². The van der Waals surface area contributed by atoms with E-state index in [1.807, 2.05) is 7.05 Å². The second kappa shape index (κ2) is 6.49. The van der Waals surface area contributed by atoms with Gasteiger partial charge in [-0.05, 0) is 42.0 Å². The van der Waals surface area contributed by atoms with Crippen molar-refractivity contribution in [2.45, 2.75) is 6.42 Å². The van der Waals surface area contributed by atoms with Crippen molar-refractivity contribution in [3.8, 4) is 0 Å². The average molecular weight is 348 g/mol. The Kier molecular flexibility index (Phi) is 4.93. The number of anilines is 1. The van der Waals surface area contributed by atoms with Crippen LogP contribution in [0.3, 0.4) is 0 Å². The third kappa shape index (κ3) is 3.67. The minimum Gasteiger partial charge on any atom is -0.323 e. The van der Waals surface area contributed by atoms with Gasteiger partial charge < -0.3 is 15.1 Å². The highest BCUT2D eigenvalue weighted by atomic mass is 79.9. The molecule has 20 heavy (non-hydrogen) atoms. The Bertz CT molecular complexity index is 489. The van der Waals surface area contributed by atoms with Gasteiger partial charge >= 0.3 is 6.03 Å². The minimum atomic E-state index is -0.794. The van der Waals surface area contributed by atoms with Gasteiger partial charge in [-0.1, -0.05) is 0 Å². The maximum Gasteiger partial charge on any atom is 0.321 e. The first-order chi connectivity index (χ1) is 9.47. The Morgan fingerprint density at radius 3 is 2.70 bits per heavy atom. The molecule has 4 nitrogen and oxygen atoms in total. The summed E-state index contributed by atoms with van der Waals surface area (Å²) >= 11 is 3.05. The Labute approximate surface area is 124 Å². The molecule has 0 aromatic heterocycles. The molecular formula is C13H16BrF2N3O. The summed E-state index contributed by atoms with van der Waals surface area (Å²) in [6.07, 6.45) is 0.872. The van der Waals surface area contributed by atoms with E-state index in [-0.39, 0.29) is 16.2 Å². The molecule has 2 amide bonds. The van der Waals surface area contributed by atoms with Gasteiger partial charge in [0.2, 0.25) is 0 Å². The average Bonchev–Trinajstić information content (AvgIpc) is 2.58. The van der Waals surface area contributed by atoms with Gasteiger partial charge in [0.1, 0.15) is 5.82 Å². The van der Waals surface area contributed by atoms with Crippen molar-refractivity contribution in [3.63, 3.8) is 0 Å². The quantitative estimate of drug-likeness (QED) is 0.847. The van der Waals surface area contributed by atoms with Crippen LogP contribution in [0.5, 0.6) is 0 Å². The SMILES string of the molecule is CN1CCCN(C(=O)Nc2c(F)cc(F)cc2Br)CC1. The number of likely N-dealkylation sites (N-methyl/N-ethyl adjacent to an activating group) is 1. The summed E-state index contributed by atoms with van der Waals surface area (Å²) in [4.78, 5) is 15.9. The number of hydrogen-bond acceptors (Lipinski definition) is 2. The molecule has 7 heteroatoms. The van der Waals surface area contributed by atoms with Crippen LogP contribution >= 0.6 is 15.9 Å². The van der Waals surface area contributed by atoms with E-state index in [0.29, 0.717) is 13.1 Å². The standard InChI is InChI=1S/C13H16BrF2N3O/c1-18-3-2-4-19(6-5-18)13(20)17-12-10(14)7-9(15)8-11(12)16/h7-8H,2-6H2,1H3,(H,17,20). The van der Waals surface area contributed by atoms with Crippen LogP contribution in [0.2, 0.25) is 0 Å². The summed E-state index contributed by atoms with van der Waals surface area (Å²) in [5.74, 6) is -1.49. The van der Waals surface area contributed by atoms with Gasteiger partial charge in [-0.25, -0.2) is 13.6 Å². The lowest BCUT2D eigenvalue weighted by atomic mass is 10.3. The first-order valence-electron chi connectivity index (χ1n) is 6.36. The Morgan fingerprint density at radius 2 is 2.00 bits per heavy atom. The summed E-state index contributed by atoms with van der Waals surface area (Å²) in [6.45, 7) is 2.91. The van der Waals surface area contributed by atoms with Crippen molar-refractivity contribution in [3.05, 3.63) is 28.2 Å². The van der Waals surface area contributed by atoms with Gasteiger partial charge in [-0.2, -0.15) is 0 Å². The maximum atomic E-state index is 13.7. The molecule has 1 aliphatic heterocycles. The van der Waals surface area contributed by atoms with E-state index in [2.05, 4.69) is 26.1 Å². The molecule has 1 fully saturated rings. The van der Waals surface area contributed by atoms with E-state index in [0.717, 1.165) is 31.6 Å². The van der Waals surface area contributed by atoms with Crippen molar-refractivity contribution >= 4 is 27.6 Å². The zero-order valence-corrected chi connectivity index (χ0v) is 12.7. The van der Waals surface area contributed by atoms with E-state index in [9.17, 15) is 13.6 Å². The summed E-state index contributed by atoms with van der Waals surface area (Å²) in [7, 11) is 2.00. The number of carbonyl (C=O) groups is 1. The Balaban J connectivity index is 2.08. The van der Waals surface area contributed by atoms with E-state index in [1.165, 1.54) is 0 Å². The van der Waals surface area contributed by atoms with Crippen molar-refractivity contribution in [1.29, 1.82) is 0 Å². The largest absolute Gasteiger partial charge is 0.323 e. The number of halogens is 3. The van der Waals surface area contributed by atoms with Gasteiger partial charge in [-0.15, -0.1) is 0 Å². The Morgan fingerprint density at radius 1 is 1.25 bits per heavy atom. The first-order valence-corrected chi connectivity index (χ1v) is 7.15. The lowest BCUT2D eigenvalue weighted by molar-refractivity contribution is 0.213. The molecule has 0 unspecified atom stereocenters. The van der Waals surface area contributed by atoms with Crippen molar-refractivity contribution in [2.75, 3.05) is 38.5 Å². The predicted octanol–water partition coefficient (Wildman–Crippen LogP) is 2.90. The van der Waals surface area contributed by atoms with Crippen LogP contribution in [-0.4, -0.2) is 49.1 Å². The van der Waals surface area contributed by atoms with Gasteiger partial charge in [0.05, 0.1) is 5.69 Å². The molecule has 2 rings (SSSR count). The number of nitrogens with zero attached hydrogens (tertiary/aromatic N) is 2. The smallest absolute Gasteiger partial charge is 0.321 e. The third-order valence-electron chi connectivity index (χ3n) is 3.25. The van der Waals surface area contributed by atoms with E-state index in [4.69, 9.17) is 0 Å². The zero-order chi connectivity index (χ0) is 14.7. The fourth-order valence-electron chi connectivity index (χ4n) is 2.10. The molecule has 1 aromatic rings. The van der Waals surface area contributed by atoms with E-state index in [1.54, 1.807) is 4.90 Å². The Hall–Kier alpha value is -1.21. The van der Waals surface area contributed by atoms with Gasteiger partial charge in [-0.3, -0.25) is 0 Å². The number of nitrogens with one attached hydrogen (secondary N) is 1. The third-order valence-corrected chi connectivity index (χ3v) is 3.87. The number of carbonyl (C=O) groups excluding carboxylic acids is 1. The second-order valence-corrected chi connectivity index (χ2v) is 5.67. The molecule has 1 heterocycles. The highest BCUT2D eigenvalue weighted by Crippen LogP contribution is 2.27. The molecule has 1 N–H and O–H groups in total. The normalized spacial score (nSPS) is 16.9. The monoisotopic (exact) mass is 347 g/mol. The number of rotatable bonds is 1. The highest BCUT2D eigenvalue weighted by molar-refractivity contribution is 9.10. The molecule has 0 atom stereocenters. The number of urea groups is 1. The van der Waals surface area contributed by atoms with Gasteiger partial charge in [0.15, 0.2) is 5.82 Å². The molecule has 110 valence electrons. The summed E-state index contributed by atoms with van der Waals surface area (Å²) < 4.78 is 26.9. The fraction of sp³-hybridized carbons (Fsp3) is 0.462.